The number of nitrogens with one attached hydrogen (secondary N) is 2. The molecule has 6 heteroatoms. The van der Waals surface area contributed by atoms with Crippen molar-refractivity contribution in [1.29, 1.82) is 0 Å². The number of carbonyl (C=O) groups excluding carboxylic acids is 2. The third-order valence-corrected chi connectivity index (χ3v) is 4.54. The molecule has 0 aliphatic carbocycles. The summed E-state index contributed by atoms with van der Waals surface area (Å²) in [5, 5.41) is 6.78. The zero-order valence-electron chi connectivity index (χ0n) is 12.0. The molecule has 5 nitrogen and oxygen atoms in total. The summed E-state index contributed by atoms with van der Waals surface area (Å²) in [5.74, 6) is -0.0299. The van der Waals surface area contributed by atoms with E-state index in [0.717, 1.165) is 37.5 Å². The van der Waals surface area contributed by atoms with Gasteiger partial charge < -0.3 is 15.5 Å². The topological polar surface area (TPSA) is 61.4 Å². The molecule has 0 unspecified atom stereocenters. The second-order valence-corrected chi connectivity index (χ2v) is 5.89. The Balaban J connectivity index is 2.21. The molecule has 1 fully saturated rings. The van der Waals surface area contributed by atoms with Gasteiger partial charge in [0.05, 0.1) is 5.56 Å². The van der Waals surface area contributed by atoms with Gasteiger partial charge in [0.1, 0.15) is 5.00 Å². The molecular formula is C14H21N3O2S. The van der Waals surface area contributed by atoms with E-state index in [-0.39, 0.29) is 11.8 Å². The van der Waals surface area contributed by atoms with Crippen LogP contribution in [0.25, 0.3) is 0 Å². The highest BCUT2D eigenvalue weighted by molar-refractivity contribution is 7.16. The molecule has 0 radical (unpaired) electrons. The van der Waals surface area contributed by atoms with Crippen LogP contribution in [0.3, 0.4) is 0 Å². The Morgan fingerprint density at radius 1 is 1.35 bits per heavy atom. The molecule has 1 saturated heterocycles. The summed E-state index contributed by atoms with van der Waals surface area (Å²) in [6.45, 7) is 6.95. The fraction of sp³-hybridized carbons (Fsp3) is 0.571. The number of aryl methyl sites for hydroxylation is 1. The van der Waals surface area contributed by atoms with Crippen LogP contribution >= 0.6 is 11.3 Å². The Bertz CT molecular complexity index is 493. The first-order valence-electron chi connectivity index (χ1n) is 7.08. The van der Waals surface area contributed by atoms with Gasteiger partial charge in [0.15, 0.2) is 0 Å². The van der Waals surface area contributed by atoms with Gasteiger partial charge in [0, 0.05) is 37.5 Å². The summed E-state index contributed by atoms with van der Waals surface area (Å²) in [6.07, 6.45) is 1.29. The Kier molecular flexibility index (Phi) is 5.14. The Morgan fingerprint density at radius 2 is 2.05 bits per heavy atom. The van der Waals surface area contributed by atoms with Crippen molar-refractivity contribution in [3.8, 4) is 0 Å². The first-order valence-corrected chi connectivity index (χ1v) is 7.89. The van der Waals surface area contributed by atoms with Gasteiger partial charge >= 0.3 is 0 Å². The number of thiophene rings is 1. The molecule has 1 aliphatic rings. The number of hydrogen-bond acceptors (Lipinski definition) is 4. The average Bonchev–Trinajstić information content (AvgIpc) is 2.90. The number of anilines is 1. The summed E-state index contributed by atoms with van der Waals surface area (Å²) in [6, 6.07) is 1.92. The lowest BCUT2D eigenvalue weighted by atomic mass is 10.2. The highest BCUT2D eigenvalue weighted by atomic mass is 32.1. The van der Waals surface area contributed by atoms with Crippen molar-refractivity contribution in [1.82, 2.24) is 10.2 Å². The van der Waals surface area contributed by atoms with Crippen LogP contribution in [0.15, 0.2) is 6.07 Å². The minimum Gasteiger partial charge on any atom is -0.336 e. The lowest BCUT2D eigenvalue weighted by Gasteiger charge is -2.27. The van der Waals surface area contributed by atoms with E-state index >= 15 is 0 Å². The molecule has 0 spiro atoms. The van der Waals surface area contributed by atoms with Crippen molar-refractivity contribution in [3.05, 3.63) is 16.5 Å². The van der Waals surface area contributed by atoms with Gasteiger partial charge in [-0.3, -0.25) is 9.59 Å². The standard InChI is InChI=1S/C14H21N3O2S/c1-3-10-9-11(13(20-10)16-12(18)4-2)14(19)17-7-5-15-6-8-17/h9,15H,3-8H2,1-2H3,(H,16,18). The van der Waals surface area contributed by atoms with E-state index in [2.05, 4.69) is 17.6 Å². The maximum absolute atomic E-state index is 12.6. The molecular weight excluding hydrogens is 274 g/mol. The number of nitrogens with zero attached hydrogens (tertiary/aromatic N) is 1. The smallest absolute Gasteiger partial charge is 0.256 e. The van der Waals surface area contributed by atoms with Gasteiger partial charge in [-0.05, 0) is 12.5 Å². The fourth-order valence-corrected chi connectivity index (χ4v) is 3.13. The Hall–Kier alpha value is -1.40. The lowest BCUT2D eigenvalue weighted by molar-refractivity contribution is -0.115. The minimum absolute atomic E-state index is 0.0221. The first kappa shape index (κ1) is 15.0. The van der Waals surface area contributed by atoms with Gasteiger partial charge in [0.2, 0.25) is 5.91 Å². The predicted octanol–water partition coefficient (Wildman–Crippen LogP) is 1.70. The quantitative estimate of drug-likeness (QED) is 0.889. The molecule has 1 aromatic heterocycles. The summed E-state index contributed by atoms with van der Waals surface area (Å²) in [4.78, 5) is 27.1. The van der Waals surface area contributed by atoms with Crippen LogP contribution in [0.4, 0.5) is 5.00 Å². The van der Waals surface area contributed by atoms with E-state index in [1.165, 1.54) is 11.3 Å². The monoisotopic (exact) mass is 295 g/mol. The summed E-state index contributed by atoms with van der Waals surface area (Å²) in [5.41, 5.74) is 0.635. The minimum atomic E-state index is -0.0520. The van der Waals surface area contributed by atoms with Gasteiger partial charge in [-0.15, -0.1) is 11.3 Å². The predicted molar refractivity (Wildman–Crippen MR) is 81.4 cm³/mol. The van der Waals surface area contributed by atoms with Crippen molar-refractivity contribution in [2.45, 2.75) is 26.7 Å². The van der Waals surface area contributed by atoms with Gasteiger partial charge in [0.25, 0.3) is 5.91 Å². The molecule has 0 atom stereocenters. The summed E-state index contributed by atoms with van der Waals surface area (Å²) < 4.78 is 0. The highest BCUT2D eigenvalue weighted by Crippen LogP contribution is 2.30. The number of piperazine rings is 1. The normalized spacial score (nSPS) is 15.2. The van der Waals surface area contributed by atoms with Crippen LogP contribution in [0.2, 0.25) is 0 Å². The summed E-state index contributed by atoms with van der Waals surface area (Å²) >= 11 is 1.50. The van der Waals surface area contributed by atoms with Crippen LogP contribution < -0.4 is 10.6 Å². The number of hydrogen-bond donors (Lipinski definition) is 2. The highest BCUT2D eigenvalue weighted by Gasteiger charge is 2.23. The Morgan fingerprint density at radius 3 is 2.65 bits per heavy atom. The van der Waals surface area contributed by atoms with E-state index in [4.69, 9.17) is 0 Å². The van der Waals surface area contributed by atoms with Crippen LogP contribution in [-0.4, -0.2) is 42.9 Å². The van der Waals surface area contributed by atoms with E-state index < -0.39 is 0 Å². The molecule has 0 aromatic carbocycles. The third kappa shape index (κ3) is 3.37. The van der Waals surface area contributed by atoms with Crippen LogP contribution in [0.5, 0.6) is 0 Å². The third-order valence-electron chi connectivity index (χ3n) is 3.34. The largest absolute Gasteiger partial charge is 0.336 e. The number of amides is 2. The van der Waals surface area contributed by atoms with E-state index in [9.17, 15) is 9.59 Å². The van der Waals surface area contributed by atoms with Crippen LogP contribution in [-0.2, 0) is 11.2 Å². The van der Waals surface area contributed by atoms with Crippen LogP contribution in [0.1, 0.15) is 35.5 Å². The van der Waals surface area contributed by atoms with Gasteiger partial charge in [-0.1, -0.05) is 13.8 Å². The zero-order valence-corrected chi connectivity index (χ0v) is 12.8. The van der Waals surface area contributed by atoms with E-state index in [1.807, 2.05) is 17.9 Å². The fourth-order valence-electron chi connectivity index (χ4n) is 2.12. The molecule has 1 aromatic rings. The number of carbonyl (C=O) groups is 2. The molecule has 2 heterocycles. The van der Waals surface area contributed by atoms with E-state index in [1.54, 1.807) is 0 Å². The maximum atomic E-state index is 12.6. The van der Waals surface area contributed by atoms with Crippen molar-refractivity contribution in [3.63, 3.8) is 0 Å². The summed E-state index contributed by atoms with van der Waals surface area (Å²) in [7, 11) is 0. The lowest BCUT2D eigenvalue weighted by Crippen LogP contribution is -2.46. The van der Waals surface area contributed by atoms with Crippen molar-refractivity contribution >= 4 is 28.2 Å². The molecule has 2 rings (SSSR count). The molecule has 0 saturated carbocycles. The second kappa shape index (κ2) is 6.85. The Labute approximate surface area is 123 Å². The van der Waals surface area contributed by atoms with Crippen molar-refractivity contribution < 1.29 is 9.59 Å². The first-order chi connectivity index (χ1) is 9.65. The molecule has 1 aliphatic heterocycles. The van der Waals surface area contributed by atoms with Crippen molar-refractivity contribution in [2.75, 3.05) is 31.5 Å². The van der Waals surface area contributed by atoms with Gasteiger partial charge in [-0.25, -0.2) is 0 Å². The molecule has 0 bridgehead atoms. The van der Waals surface area contributed by atoms with Gasteiger partial charge in [-0.2, -0.15) is 0 Å². The molecule has 110 valence electrons. The molecule has 20 heavy (non-hydrogen) atoms. The molecule has 2 amide bonds. The molecule has 2 N–H and O–H groups in total. The maximum Gasteiger partial charge on any atom is 0.256 e. The average molecular weight is 295 g/mol. The zero-order chi connectivity index (χ0) is 14.5. The van der Waals surface area contributed by atoms with Crippen molar-refractivity contribution in [2.24, 2.45) is 0 Å². The SMILES string of the molecule is CCC(=O)Nc1sc(CC)cc1C(=O)N1CCNCC1. The second-order valence-electron chi connectivity index (χ2n) is 4.75. The van der Waals surface area contributed by atoms with Crippen LogP contribution in [0, 0.1) is 0 Å². The van der Waals surface area contributed by atoms with E-state index in [0.29, 0.717) is 17.0 Å². The number of rotatable bonds is 4.